The zero-order valence-electron chi connectivity index (χ0n) is 15.5. The Morgan fingerprint density at radius 2 is 1.50 bits per heavy atom. The van der Waals surface area contributed by atoms with Crippen LogP contribution in [0.25, 0.3) is 0 Å². The molecule has 2 aliphatic heterocycles. The van der Waals surface area contributed by atoms with Crippen LogP contribution < -0.4 is 14.4 Å². The zero-order chi connectivity index (χ0) is 17.1. The predicted octanol–water partition coefficient (Wildman–Crippen LogP) is 2.23. The fourth-order valence-corrected chi connectivity index (χ4v) is 3.94. The van der Waals surface area contributed by atoms with Crippen molar-refractivity contribution in [3.63, 3.8) is 0 Å². The molecule has 0 atom stereocenters. The van der Waals surface area contributed by atoms with Gasteiger partial charge in [0.1, 0.15) is 11.5 Å². The Bertz CT molecular complexity index is 548. The Morgan fingerprint density at radius 1 is 0.875 bits per heavy atom. The number of rotatable bonds is 4. The summed E-state index contributed by atoms with van der Waals surface area (Å²) in [6.45, 7) is 9.12. The third kappa shape index (κ3) is 3.62. The molecule has 1 aromatic rings. The molecule has 2 saturated heterocycles. The van der Waals surface area contributed by atoms with Crippen LogP contribution in [0.3, 0.4) is 0 Å². The van der Waals surface area contributed by atoms with Crippen LogP contribution in [0.1, 0.15) is 18.4 Å². The monoisotopic (exact) mass is 333 g/mol. The molecule has 0 radical (unpaired) electrons. The van der Waals surface area contributed by atoms with E-state index in [1.54, 1.807) is 14.2 Å². The Hall–Kier alpha value is -1.46. The molecule has 0 amide bonds. The molecule has 24 heavy (non-hydrogen) atoms. The average molecular weight is 333 g/mol. The molecular formula is C19H31N3O2. The first kappa shape index (κ1) is 17.4. The molecule has 0 spiro atoms. The van der Waals surface area contributed by atoms with Crippen molar-refractivity contribution in [1.29, 1.82) is 0 Å². The van der Waals surface area contributed by atoms with Crippen LogP contribution in [0.15, 0.2) is 12.1 Å². The van der Waals surface area contributed by atoms with Crippen molar-refractivity contribution < 1.29 is 9.47 Å². The molecule has 134 valence electrons. The van der Waals surface area contributed by atoms with Crippen molar-refractivity contribution in [3.8, 4) is 11.5 Å². The smallest absolute Gasteiger partial charge is 0.145 e. The van der Waals surface area contributed by atoms with Crippen LogP contribution in [0.4, 0.5) is 5.69 Å². The summed E-state index contributed by atoms with van der Waals surface area (Å²) in [4.78, 5) is 7.59. The van der Waals surface area contributed by atoms with Crippen LogP contribution in [-0.4, -0.2) is 76.4 Å². The van der Waals surface area contributed by atoms with Gasteiger partial charge >= 0.3 is 0 Å². The first-order valence-corrected chi connectivity index (χ1v) is 9.02. The van der Waals surface area contributed by atoms with Gasteiger partial charge in [-0.1, -0.05) is 0 Å². The Kier molecular flexibility index (Phi) is 5.51. The number of hydrogen-bond acceptors (Lipinski definition) is 5. The lowest BCUT2D eigenvalue weighted by Crippen LogP contribution is -2.52. The van der Waals surface area contributed by atoms with Crippen molar-refractivity contribution in [1.82, 2.24) is 9.80 Å². The molecule has 2 fully saturated rings. The SMILES string of the molecule is COc1cc(OC)c(N2CCC(N3CCN(C)CC3)CC2)cc1C. The van der Waals surface area contributed by atoms with Crippen LogP contribution in [0.5, 0.6) is 11.5 Å². The van der Waals surface area contributed by atoms with Gasteiger partial charge in [0.15, 0.2) is 0 Å². The number of hydrogen-bond donors (Lipinski definition) is 0. The van der Waals surface area contributed by atoms with E-state index in [0.717, 1.165) is 36.2 Å². The second-order valence-corrected chi connectivity index (χ2v) is 7.05. The summed E-state index contributed by atoms with van der Waals surface area (Å²) in [5.41, 5.74) is 2.36. The summed E-state index contributed by atoms with van der Waals surface area (Å²) in [5, 5.41) is 0. The fraction of sp³-hybridized carbons (Fsp3) is 0.684. The molecule has 2 heterocycles. The lowest BCUT2D eigenvalue weighted by atomic mass is 10.0. The number of benzene rings is 1. The standard InChI is InChI=1S/C19H31N3O2/c1-15-13-17(19(24-4)14-18(15)23-3)22-7-5-16(6-8-22)21-11-9-20(2)10-12-21/h13-14,16H,5-12H2,1-4H3. The third-order valence-corrected chi connectivity index (χ3v) is 5.56. The van der Waals surface area contributed by atoms with Gasteiger partial charge in [0, 0.05) is 51.4 Å². The average Bonchev–Trinajstić information content (AvgIpc) is 2.62. The summed E-state index contributed by atoms with van der Waals surface area (Å²) in [5.74, 6) is 1.80. The van der Waals surface area contributed by atoms with E-state index in [1.165, 1.54) is 44.7 Å². The summed E-state index contributed by atoms with van der Waals surface area (Å²) >= 11 is 0. The molecule has 0 N–H and O–H groups in total. The van der Waals surface area contributed by atoms with Crippen molar-refractivity contribution in [3.05, 3.63) is 17.7 Å². The molecule has 0 bridgehead atoms. The maximum absolute atomic E-state index is 5.61. The van der Waals surface area contributed by atoms with E-state index in [-0.39, 0.29) is 0 Å². The fourth-order valence-electron chi connectivity index (χ4n) is 3.94. The van der Waals surface area contributed by atoms with Crippen molar-refractivity contribution in [2.45, 2.75) is 25.8 Å². The second-order valence-electron chi connectivity index (χ2n) is 7.05. The summed E-state index contributed by atoms with van der Waals surface area (Å²) in [6, 6.07) is 4.95. The molecule has 3 rings (SSSR count). The highest BCUT2D eigenvalue weighted by molar-refractivity contribution is 5.63. The van der Waals surface area contributed by atoms with Gasteiger partial charge in [0.05, 0.1) is 19.9 Å². The maximum atomic E-state index is 5.61. The molecular weight excluding hydrogens is 302 g/mol. The summed E-state index contributed by atoms with van der Waals surface area (Å²) in [7, 11) is 5.67. The largest absolute Gasteiger partial charge is 0.496 e. The molecule has 0 aliphatic carbocycles. The van der Waals surface area contributed by atoms with Crippen LogP contribution >= 0.6 is 0 Å². The quantitative estimate of drug-likeness (QED) is 0.843. The number of methoxy groups -OCH3 is 2. The highest BCUT2D eigenvalue weighted by Crippen LogP contribution is 2.36. The minimum absolute atomic E-state index is 0.736. The highest BCUT2D eigenvalue weighted by Gasteiger charge is 2.28. The second kappa shape index (κ2) is 7.62. The number of piperidine rings is 1. The van der Waals surface area contributed by atoms with Crippen molar-refractivity contribution in [2.75, 3.05) is 65.4 Å². The van der Waals surface area contributed by atoms with Gasteiger partial charge in [-0.25, -0.2) is 0 Å². The number of ether oxygens (including phenoxy) is 2. The van der Waals surface area contributed by atoms with Gasteiger partial charge in [-0.3, -0.25) is 4.90 Å². The topological polar surface area (TPSA) is 28.2 Å². The lowest BCUT2D eigenvalue weighted by molar-refractivity contribution is 0.0981. The van der Waals surface area contributed by atoms with E-state index in [4.69, 9.17) is 9.47 Å². The maximum Gasteiger partial charge on any atom is 0.145 e. The number of nitrogens with zero attached hydrogens (tertiary/aromatic N) is 3. The first-order chi connectivity index (χ1) is 11.6. The van der Waals surface area contributed by atoms with E-state index in [0.29, 0.717) is 0 Å². The molecule has 5 heteroatoms. The van der Waals surface area contributed by atoms with Gasteiger partial charge in [-0.05, 0) is 38.4 Å². The van der Waals surface area contributed by atoms with Gasteiger partial charge in [0.2, 0.25) is 0 Å². The van der Waals surface area contributed by atoms with E-state index in [9.17, 15) is 0 Å². The molecule has 1 aromatic carbocycles. The molecule has 0 aromatic heterocycles. The normalized spacial score (nSPS) is 21.1. The highest BCUT2D eigenvalue weighted by atomic mass is 16.5. The Labute approximate surface area is 146 Å². The third-order valence-electron chi connectivity index (χ3n) is 5.56. The van der Waals surface area contributed by atoms with Crippen LogP contribution in [0, 0.1) is 6.92 Å². The summed E-state index contributed by atoms with van der Waals surface area (Å²) in [6.07, 6.45) is 2.47. The lowest BCUT2D eigenvalue weighted by Gasteiger charge is -2.42. The first-order valence-electron chi connectivity index (χ1n) is 9.02. The molecule has 2 aliphatic rings. The Balaban J connectivity index is 1.65. The molecule has 5 nitrogen and oxygen atoms in total. The van der Waals surface area contributed by atoms with E-state index < -0.39 is 0 Å². The number of aryl methyl sites for hydroxylation is 1. The number of anilines is 1. The summed E-state index contributed by atoms with van der Waals surface area (Å²) < 4.78 is 11.0. The van der Waals surface area contributed by atoms with Gasteiger partial charge in [-0.2, -0.15) is 0 Å². The molecule has 0 unspecified atom stereocenters. The minimum Gasteiger partial charge on any atom is -0.496 e. The van der Waals surface area contributed by atoms with E-state index in [1.807, 2.05) is 6.07 Å². The predicted molar refractivity (Wildman–Crippen MR) is 98.6 cm³/mol. The van der Waals surface area contributed by atoms with Crippen molar-refractivity contribution in [2.24, 2.45) is 0 Å². The number of likely N-dealkylation sites (N-methyl/N-ethyl adjacent to an activating group) is 1. The van der Waals surface area contributed by atoms with Crippen LogP contribution in [-0.2, 0) is 0 Å². The van der Waals surface area contributed by atoms with E-state index in [2.05, 4.69) is 34.7 Å². The Morgan fingerprint density at radius 3 is 2.08 bits per heavy atom. The number of piperazine rings is 1. The van der Waals surface area contributed by atoms with E-state index >= 15 is 0 Å². The van der Waals surface area contributed by atoms with Gasteiger partial charge < -0.3 is 19.3 Å². The zero-order valence-corrected chi connectivity index (χ0v) is 15.5. The van der Waals surface area contributed by atoms with Crippen molar-refractivity contribution >= 4 is 5.69 Å². The van der Waals surface area contributed by atoms with Gasteiger partial charge in [-0.15, -0.1) is 0 Å². The minimum atomic E-state index is 0.736. The van der Waals surface area contributed by atoms with Gasteiger partial charge in [0.25, 0.3) is 0 Å². The molecule has 0 saturated carbocycles. The van der Waals surface area contributed by atoms with Crippen LogP contribution in [0.2, 0.25) is 0 Å².